The number of para-hydroxylation sites is 1. The van der Waals surface area contributed by atoms with Crippen molar-refractivity contribution < 1.29 is 18.7 Å². The van der Waals surface area contributed by atoms with Crippen LogP contribution in [0.5, 0.6) is 0 Å². The Morgan fingerprint density at radius 2 is 1.85 bits per heavy atom. The zero-order valence-corrected chi connectivity index (χ0v) is 20.3. The summed E-state index contributed by atoms with van der Waals surface area (Å²) in [6, 6.07) is 19.7. The van der Waals surface area contributed by atoms with Gasteiger partial charge in [0, 0.05) is 22.5 Å². The minimum absolute atomic E-state index is 0.203. The smallest absolute Gasteiger partial charge is 0.348 e. The van der Waals surface area contributed by atoms with Crippen molar-refractivity contribution >= 4 is 50.9 Å². The maximum absolute atomic E-state index is 13.3. The molecule has 172 valence electrons. The number of nitriles is 1. The number of furan rings is 1. The van der Waals surface area contributed by atoms with Gasteiger partial charge in [0.1, 0.15) is 21.5 Å². The molecule has 0 aliphatic carbocycles. The number of amides is 1. The fraction of sp³-hybridized carbons (Fsp3) is 0.192. The Balaban J connectivity index is 1.62. The number of benzene rings is 2. The van der Waals surface area contributed by atoms with E-state index < -0.39 is 11.9 Å². The van der Waals surface area contributed by atoms with E-state index >= 15 is 0 Å². The summed E-state index contributed by atoms with van der Waals surface area (Å²) in [7, 11) is 0. The Hall–Kier alpha value is -3.54. The number of carbonyl (C=O) groups is 2. The molecule has 0 fully saturated rings. The number of fused-ring (bicyclic) bond motifs is 1. The molecule has 0 bridgehead atoms. The molecule has 0 unspecified atom stereocenters. The Bertz CT molecular complexity index is 1380. The predicted octanol–water partition coefficient (Wildman–Crippen LogP) is 6.54. The molecule has 8 heteroatoms. The van der Waals surface area contributed by atoms with Gasteiger partial charge < -0.3 is 14.5 Å². The first kappa shape index (κ1) is 23.6. The number of hydrogen-bond acceptors (Lipinski definition) is 7. The van der Waals surface area contributed by atoms with E-state index in [0.29, 0.717) is 26.8 Å². The van der Waals surface area contributed by atoms with Gasteiger partial charge in [0.15, 0.2) is 5.76 Å². The summed E-state index contributed by atoms with van der Waals surface area (Å²) in [4.78, 5) is 25.8. The SMILES string of the molecule is CCOC(=O)c1sc(NC(=O)c2oc3ccccc3c2CSCc2ccccc2)c(C#N)c1C. The number of thiophene rings is 1. The first-order valence-corrected chi connectivity index (χ1v) is 12.6. The number of ether oxygens (including phenoxy) is 1. The number of anilines is 1. The average Bonchev–Trinajstić information content (AvgIpc) is 3.37. The quantitative estimate of drug-likeness (QED) is 0.282. The predicted molar refractivity (Wildman–Crippen MR) is 135 cm³/mol. The van der Waals surface area contributed by atoms with Crippen molar-refractivity contribution in [3.63, 3.8) is 0 Å². The summed E-state index contributed by atoms with van der Waals surface area (Å²) in [5, 5.41) is 13.6. The topological polar surface area (TPSA) is 92.3 Å². The number of thioether (sulfide) groups is 1. The fourth-order valence-electron chi connectivity index (χ4n) is 3.56. The zero-order chi connectivity index (χ0) is 24.1. The normalized spacial score (nSPS) is 10.7. The van der Waals surface area contributed by atoms with Gasteiger partial charge in [-0.3, -0.25) is 4.79 Å². The third-order valence-corrected chi connectivity index (χ3v) is 7.43. The highest BCUT2D eigenvalue weighted by molar-refractivity contribution is 7.97. The molecule has 0 aliphatic heterocycles. The molecule has 0 radical (unpaired) electrons. The summed E-state index contributed by atoms with van der Waals surface area (Å²) in [5.74, 6) is 0.613. The van der Waals surface area contributed by atoms with Gasteiger partial charge in [-0.2, -0.15) is 17.0 Å². The van der Waals surface area contributed by atoms with Crippen molar-refractivity contribution in [2.45, 2.75) is 25.4 Å². The summed E-state index contributed by atoms with van der Waals surface area (Å²) in [5.41, 5.74) is 3.36. The first-order chi connectivity index (χ1) is 16.5. The van der Waals surface area contributed by atoms with Crippen LogP contribution in [0.4, 0.5) is 5.00 Å². The average molecular weight is 491 g/mol. The van der Waals surface area contributed by atoms with Gasteiger partial charge in [0.05, 0.1) is 12.2 Å². The first-order valence-electron chi connectivity index (χ1n) is 10.7. The molecular weight excluding hydrogens is 468 g/mol. The molecule has 6 nitrogen and oxygen atoms in total. The Kier molecular flexibility index (Phi) is 7.36. The largest absolute Gasteiger partial charge is 0.462 e. The molecule has 0 spiro atoms. The Morgan fingerprint density at radius 1 is 1.12 bits per heavy atom. The van der Waals surface area contributed by atoms with Gasteiger partial charge in [0.25, 0.3) is 5.91 Å². The minimum atomic E-state index is -0.510. The molecule has 4 rings (SSSR count). The number of rotatable bonds is 8. The van der Waals surface area contributed by atoms with E-state index in [9.17, 15) is 14.9 Å². The fourth-order valence-corrected chi connectivity index (χ4v) is 5.63. The van der Waals surface area contributed by atoms with Gasteiger partial charge >= 0.3 is 5.97 Å². The maximum Gasteiger partial charge on any atom is 0.348 e. The third kappa shape index (κ3) is 4.86. The lowest BCUT2D eigenvalue weighted by Gasteiger charge is -2.05. The second kappa shape index (κ2) is 10.6. The van der Waals surface area contributed by atoms with Gasteiger partial charge in [-0.05, 0) is 31.0 Å². The molecule has 0 saturated carbocycles. The van der Waals surface area contributed by atoms with Gasteiger partial charge in [-0.25, -0.2) is 4.79 Å². The van der Waals surface area contributed by atoms with Gasteiger partial charge in [0.2, 0.25) is 0 Å². The van der Waals surface area contributed by atoms with Crippen LogP contribution in [-0.2, 0) is 16.2 Å². The molecule has 2 heterocycles. The van der Waals surface area contributed by atoms with Crippen LogP contribution >= 0.6 is 23.1 Å². The number of hydrogen-bond donors (Lipinski definition) is 1. The monoisotopic (exact) mass is 490 g/mol. The van der Waals surface area contributed by atoms with Crippen LogP contribution in [-0.4, -0.2) is 18.5 Å². The van der Waals surface area contributed by atoms with Crippen LogP contribution in [0, 0.1) is 18.3 Å². The highest BCUT2D eigenvalue weighted by atomic mass is 32.2. The van der Waals surface area contributed by atoms with Gasteiger partial charge in [-0.1, -0.05) is 48.5 Å². The number of nitrogens with one attached hydrogen (secondary N) is 1. The maximum atomic E-state index is 13.3. The van der Waals surface area contributed by atoms with E-state index in [1.165, 1.54) is 5.56 Å². The molecule has 0 saturated heterocycles. The van der Waals surface area contributed by atoms with Crippen LogP contribution in [0.1, 0.15) is 49.4 Å². The second-order valence-corrected chi connectivity index (χ2v) is 9.44. The molecular formula is C26H22N2O4S2. The molecule has 0 atom stereocenters. The van der Waals surface area contributed by atoms with E-state index in [1.807, 2.05) is 42.5 Å². The molecule has 1 N–H and O–H groups in total. The number of nitrogens with zero attached hydrogens (tertiary/aromatic N) is 1. The molecule has 34 heavy (non-hydrogen) atoms. The van der Waals surface area contributed by atoms with E-state index in [2.05, 4.69) is 23.5 Å². The van der Waals surface area contributed by atoms with Crippen molar-refractivity contribution in [2.75, 3.05) is 11.9 Å². The van der Waals surface area contributed by atoms with Crippen molar-refractivity contribution in [3.8, 4) is 6.07 Å². The number of carbonyl (C=O) groups excluding carboxylic acids is 2. The highest BCUT2D eigenvalue weighted by Crippen LogP contribution is 2.35. The standard InChI is InChI=1S/C26H22N2O4S2/c1-3-31-26(30)23-16(2)19(13-27)25(34-23)28-24(29)22-20(18-11-7-8-12-21(18)32-22)15-33-14-17-9-5-4-6-10-17/h4-12H,3,14-15H2,1-2H3,(H,28,29). The number of esters is 1. The lowest BCUT2D eigenvalue weighted by molar-refractivity contribution is 0.0531. The lowest BCUT2D eigenvalue weighted by atomic mass is 10.1. The minimum Gasteiger partial charge on any atom is -0.462 e. The zero-order valence-electron chi connectivity index (χ0n) is 18.7. The Morgan fingerprint density at radius 3 is 2.59 bits per heavy atom. The van der Waals surface area contributed by atoms with E-state index in [1.54, 1.807) is 25.6 Å². The van der Waals surface area contributed by atoms with Crippen molar-refractivity contribution in [1.29, 1.82) is 5.26 Å². The van der Waals surface area contributed by atoms with Crippen LogP contribution in [0.15, 0.2) is 59.0 Å². The third-order valence-electron chi connectivity index (χ3n) is 5.21. The van der Waals surface area contributed by atoms with Crippen LogP contribution in [0.25, 0.3) is 11.0 Å². The Labute approximate surface area is 205 Å². The molecule has 1 amide bonds. The van der Waals surface area contributed by atoms with E-state index in [-0.39, 0.29) is 17.9 Å². The van der Waals surface area contributed by atoms with Gasteiger partial charge in [-0.15, -0.1) is 11.3 Å². The van der Waals surface area contributed by atoms with Crippen molar-refractivity contribution in [2.24, 2.45) is 0 Å². The molecule has 0 aliphatic rings. The summed E-state index contributed by atoms with van der Waals surface area (Å²) in [6.45, 7) is 3.61. The summed E-state index contributed by atoms with van der Waals surface area (Å²) < 4.78 is 11.0. The van der Waals surface area contributed by atoms with E-state index in [4.69, 9.17) is 9.15 Å². The highest BCUT2D eigenvalue weighted by Gasteiger charge is 2.25. The lowest BCUT2D eigenvalue weighted by Crippen LogP contribution is -2.12. The molecule has 2 aromatic carbocycles. The van der Waals surface area contributed by atoms with Crippen LogP contribution < -0.4 is 5.32 Å². The van der Waals surface area contributed by atoms with Crippen molar-refractivity contribution in [3.05, 3.63) is 87.5 Å². The summed E-state index contributed by atoms with van der Waals surface area (Å²) in [6.07, 6.45) is 0. The molecule has 4 aromatic rings. The van der Waals surface area contributed by atoms with Crippen LogP contribution in [0.3, 0.4) is 0 Å². The van der Waals surface area contributed by atoms with Crippen molar-refractivity contribution in [1.82, 2.24) is 0 Å². The van der Waals surface area contributed by atoms with E-state index in [0.717, 1.165) is 28.0 Å². The molecule has 2 aromatic heterocycles. The second-order valence-electron chi connectivity index (χ2n) is 7.43. The summed E-state index contributed by atoms with van der Waals surface area (Å²) >= 11 is 2.72. The van der Waals surface area contributed by atoms with Crippen LogP contribution in [0.2, 0.25) is 0 Å².